The van der Waals surface area contributed by atoms with Crippen molar-refractivity contribution in [2.75, 3.05) is 27.2 Å². The van der Waals surface area contributed by atoms with Gasteiger partial charge in [0.05, 0.1) is 18.6 Å². The molecule has 1 aromatic carbocycles. The van der Waals surface area contributed by atoms with Gasteiger partial charge in [-0.1, -0.05) is 29.8 Å². The average Bonchev–Trinajstić information content (AvgIpc) is 3.45. The summed E-state index contributed by atoms with van der Waals surface area (Å²) < 4.78 is 16.3. The molecule has 1 saturated heterocycles. The van der Waals surface area contributed by atoms with Crippen LogP contribution in [0, 0.1) is 6.92 Å². The van der Waals surface area contributed by atoms with Crippen molar-refractivity contribution in [3.8, 4) is 0 Å². The summed E-state index contributed by atoms with van der Waals surface area (Å²) in [5.41, 5.74) is 2.62. The SMILES string of the molecule is Cc1ccc(C[C@H](C(=O)N2C[C@@H](F)C[C@H]2CNC(=O)c2cn3c(n2)CCC3)N(C)C)cc1. The van der Waals surface area contributed by atoms with Crippen LogP contribution >= 0.6 is 0 Å². The number of halogens is 1. The number of carbonyl (C=O) groups excluding carboxylic acids is 2. The van der Waals surface area contributed by atoms with Crippen molar-refractivity contribution in [2.24, 2.45) is 0 Å². The highest BCUT2D eigenvalue weighted by atomic mass is 19.1. The van der Waals surface area contributed by atoms with Gasteiger partial charge in [0.2, 0.25) is 5.91 Å². The Hall–Kier alpha value is -2.74. The van der Waals surface area contributed by atoms with Crippen LogP contribution in [0.25, 0.3) is 0 Å². The quantitative estimate of drug-likeness (QED) is 0.713. The number of likely N-dealkylation sites (N-methyl/N-ethyl adjacent to an activating group) is 1. The number of aryl methyl sites for hydroxylation is 3. The van der Waals surface area contributed by atoms with Crippen LogP contribution in [-0.2, 0) is 24.2 Å². The minimum atomic E-state index is -1.08. The van der Waals surface area contributed by atoms with Crippen LogP contribution in [0.2, 0.25) is 0 Å². The van der Waals surface area contributed by atoms with E-state index in [9.17, 15) is 14.0 Å². The van der Waals surface area contributed by atoms with Gasteiger partial charge < -0.3 is 14.8 Å². The molecule has 3 atom stereocenters. The molecule has 4 rings (SSSR count). The number of hydrogen-bond donors (Lipinski definition) is 1. The van der Waals surface area contributed by atoms with E-state index in [-0.39, 0.29) is 37.4 Å². The molecule has 0 spiro atoms. The lowest BCUT2D eigenvalue weighted by Gasteiger charge is -2.32. The third-order valence-electron chi connectivity index (χ3n) is 6.49. The van der Waals surface area contributed by atoms with E-state index in [2.05, 4.69) is 10.3 Å². The average molecular weight is 442 g/mol. The van der Waals surface area contributed by atoms with Gasteiger partial charge in [0, 0.05) is 32.1 Å². The fourth-order valence-corrected chi connectivity index (χ4v) is 4.62. The van der Waals surface area contributed by atoms with Crippen molar-refractivity contribution >= 4 is 11.8 Å². The molecule has 3 heterocycles. The van der Waals surface area contributed by atoms with Gasteiger partial charge in [0.15, 0.2) is 0 Å². The molecule has 0 saturated carbocycles. The zero-order valence-electron chi connectivity index (χ0n) is 19.1. The van der Waals surface area contributed by atoms with Crippen LogP contribution in [0.15, 0.2) is 30.5 Å². The minimum absolute atomic E-state index is 0.0659. The van der Waals surface area contributed by atoms with E-state index in [0.717, 1.165) is 30.8 Å². The molecular weight excluding hydrogens is 409 g/mol. The molecule has 1 N–H and O–H groups in total. The summed E-state index contributed by atoms with van der Waals surface area (Å²) in [6.45, 7) is 3.20. The minimum Gasteiger partial charge on any atom is -0.349 e. The van der Waals surface area contributed by atoms with Crippen molar-refractivity contribution in [3.05, 3.63) is 53.1 Å². The highest BCUT2D eigenvalue weighted by Gasteiger charge is 2.39. The molecule has 2 aliphatic heterocycles. The number of hydrogen-bond acceptors (Lipinski definition) is 4. The number of aromatic nitrogens is 2. The third-order valence-corrected chi connectivity index (χ3v) is 6.49. The summed E-state index contributed by atoms with van der Waals surface area (Å²) >= 11 is 0. The molecule has 7 nitrogen and oxygen atoms in total. The maximum atomic E-state index is 14.3. The number of likely N-dealkylation sites (tertiary alicyclic amines) is 1. The standard InChI is InChI=1S/C24H32FN5O2/c1-16-6-8-17(9-7-16)11-21(28(2)3)24(32)30-14-18(25)12-19(30)13-26-23(31)20-15-29-10-4-5-22(29)27-20/h6-9,15,18-19,21H,4-5,10-14H2,1-3H3,(H,26,31)/t18-,19-,21+/m0/s1. The number of fused-ring (bicyclic) bond motifs is 1. The number of benzene rings is 1. The first-order valence-electron chi connectivity index (χ1n) is 11.3. The predicted octanol–water partition coefficient (Wildman–Crippen LogP) is 1.98. The van der Waals surface area contributed by atoms with Gasteiger partial charge in [-0.2, -0.15) is 0 Å². The van der Waals surface area contributed by atoms with E-state index in [0.29, 0.717) is 12.1 Å². The van der Waals surface area contributed by atoms with Crippen LogP contribution in [-0.4, -0.2) is 76.6 Å². The zero-order chi connectivity index (χ0) is 22.8. The molecule has 0 radical (unpaired) electrons. The summed E-state index contributed by atoms with van der Waals surface area (Å²) in [6.07, 6.45) is 3.41. The van der Waals surface area contributed by atoms with E-state index in [4.69, 9.17) is 0 Å². The molecule has 0 aliphatic carbocycles. The summed E-state index contributed by atoms with van der Waals surface area (Å²) in [7, 11) is 3.74. The van der Waals surface area contributed by atoms with Crippen molar-refractivity contribution in [2.45, 2.75) is 57.4 Å². The highest BCUT2D eigenvalue weighted by Crippen LogP contribution is 2.23. The molecule has 1 fully saturated rings. The fraction of sp³-hybridized carbons (Fsp3) is 0.542. The molecule has 172 valence electrons. The Bertz CT molecular complexity index is 950. The van der Waals surface area contributed by atoms with Crippen molar-refractivity contribution in [1.82, 2.24) is 24.7 Å². The van der Waals surface area contributed by atoms with Gasteiger partial charge in [-0.05, 0) is 39.4 Å². The first kappa shape index (κ1) is 22.5. The Morgan fingerprint density at radius 2 is 2.03 bits per heavy atom. The van der Waals surface area contributed by atoms with Gasteiger partial charge in [-0.3, -0.25) is 14.5 Å². The second kappa shape index (κ2) is 9.40. The summed E-state index contributed by atoms with van der Waals surface area (Å²) in [5.74, 6) is 0.558. The van der Waals surface area contributed by atoms with Gasteiger partial charge >= 0.3 is 0 Å². The first-order valence-corrected chi connectivity index (χ1v) is 11.3. The molecule has 8 heteroatoms. The molecule has 1 aromatic heterocycles. The molecular formula is C24H32FN5O2. The second-order valence-corrected chi connectivity index (χ2v) is 9.20. The van der Waals surface area contributed by atoms with Gasteiger partial charge in [0.25, 0.3) is 5.91 Å². The Labute approximate surface area is 188 Å². The lowest BCUT2D eigenvalue weighted by atomic mass is 10.0. The Morgan fingerprint density at radius 3 is 2.72 bits per heavy atom. The highest BCUT2D eigenvalue weighted by molar-refractivity contribution is 5.92. The Balaban J connectivity index is 1.41. The van der Waals surface area contributed by atoms with E-state index in [1.807, 2.05) is 54.8 Å². The molecule has 0 bridgehead atoms. The summed E-state index contributed by atoms with van der Waals surface area (Å²) in [5, 5.41) is 2.87. The van der Waals surface area contributed by atoms with Crippen molar-refractivity contribution in [3.63, 3.8) is 0 Å². The molecule has 2 amide bonds. The number of rotatable bonds is 7. The first-order chi connectivity index (χ1) is 15.3. The monoisotopic (exact) mass is 441 g/mol. The number of nitrogens with one attached hydrogen (secondary N) is 1. The van der Waals surface area contributed by atoms with E-state index < -0.39 is 12.2 Å². The predicted molar refractivity (Wildman–Crippen MR) is 120 cm³/mol. The number of nitrogens with zero attached hydrogens (tertiary/aromatic N) is 4. The van der Waals surface area contributed by atoms with Crippen LogP contribution in [0.1, 0.15) is 40.3 Å². The normalized spacial score (nSPS) is 21.1. The summed E-state index contributed by atoms with van der Waals surface area (Å²) in [4.78, 5) is 33.9. The maximum absolute atomic E-state index is 14.3. The summed E-state index contributed by atoms with van der Waals surface area (Å²) in [6, 6.07) is 7.37. The van der Waals surface area contributed by atoms with Crippen LogP contribution in [0.3, 0.4) is 0 Å². The topological polar surface area (TPSA) is 70.5 Å². The number of amides is 2. The van der Waals surface area contributed by atoms with Crippen LogP contribution in [0.4, 0.5) is 4.39 Å². The van der Waals surface area contributed by atoms with E-state index in [1.165, 1.54) is 5.56 Å². The molecule has 32 heavy (non-hydrogen) atoms. The van der Waals surface area contributed by atoms with Crippen LogP contribution < -0.4 is 5.32 Å². The van der Waals surface area contributed by atoms with E-state index >= 15 is 0 Å². The smallest absolute Gasteiger partial charge is 0.271 e. The zero-order valence-corrected chi connectivity index (χ0v) is 19.1. The molecule has 0 unspecified atom stereocenters. The third kappa shape index (κ3) is 4.85. The lowest BCUT2D eigenvalue weighted by molar-refractivity contribution is -0.137. The largest absolute Gasteiger partial charge is 0.349 e. The molecule has 2 aliphatic rings. The Morgan fingerprint density at radius 1 is 1.28 bits per heavy atom. The number of alkyl halides is 1. The van der Waals surface area contributed by atoms with Gasteiger partial charge in [0.1, 0.15) is 17.7 Å². The van der Waals surface area contributed by atoms with E-state index in [1.54, 1.807) is 11.1 Å². The van der Waals surface area contributed by atoms with Crippen molar-refractivity contribution < 1.29 is 14.0 Å². The lowest BCUT2D eigenvalue weighted by Crippen LogP contribution is -2.51. The van der Waals surface area contributed by atoms with Gasteiger partial charge in [-0.15, -0.1) is 0 Å². The number of imidazole rings is 1. The second-order valence-electron chi connectivity index (χ2n) is 9.20. The Kier molecular flexibility index (Phi) is 6.60. The number of carbonyl (C=O) groups is 2. The van der Waals surface area contributed by atoms with Gasteiger partial charge in [-0.25, -0.2) is 9.37 Å². The fourth-order valence-electron chi connectivity index (χ4n) is 4.62. The van der Waals surface area contributed by atoms with Crippen LogP contribution in [0.5, 0.6) is 0 Å². The van der Waals surface area contributed by atoms with Crippen molar-refractivity contribution in [1.29, 1.82) is 0 Å². The maximum Gasteiger partial charge on any atom is 0.271 e. The molecule has 2 aromatic rings.